The van der Waals surface area contributed by atoms with Crippen LogP contribution in [-0.2, 0) is 6.54 Å². The van der Waals surface area contributed by atoms with Crippen molar-refractivity contribution >= 4 is 26.8 Å². The number of piperidine rings is 1. The van der Waals surface area contributed by atoms with E-state index in [1.165, 1.54) is 48.0 Å². The van der Waals surface area contributed by atoms with Crippen LogP contribution in [0.5, 0.6) is 0 Å². The lowest BCUT2D eigenvalue weighted by Gasteiger charge is -2.35. The van der Waals surface area contributed by atoms with Gasteiger partial charge in [-0.1, -0.05) is 52.7 Å². The third-order valence-corrected chi connectivity index (χ3v) is 5.35. The van der Waals surface area contributed by atoms with Crippen molar-refractivity contribution in [1.82, 2.24) is 9.88 Å². The van der Waals surface area contributed by atoms with E-state index in [4.69, 9.17) is 0 Å². The normalized spacial score (nSPS) is 19.3. The maximum absolute atomic E-state index is 3.64. The molecular weight excluding hydrogens is 348 g/mol. The summed E-state index contributed by atoms with van der Waals surface area (Å²) >= 11 is 3.52. The average Bonchev–Trinajstić information content (AvgIpc) is 3.01. The van der Waals surface area contributed by atoms with Gasteiger partial charge >= 0.3 is 0 Å². The average molecular weight is 369 g/mol. The minimum absolute atomic E-state index is 0.500. The second kappa shape index (κ2) is 6.50. The molecule has 1 aliphatic rings. The van der Waals surface area contributed by atoms with Crippen molar-refractivity contribution in [2.45, 2.75) is 31.8 Å². The van der Waals surface area contributed by atoms with Crippen molar-refractivity contribution in [3.8, 4) is 0 Å². The Balaban J connectivity index is 1.60. The second-order valence-electron chi connectivity index (χ2n) is 6.42. The summed E-state index contributed by atoms with van der Waals surface area (Å²) < 4.78 is 1.15. The third-order valence-electron chi connectivity index (χ3n) is 4.82. The molecule has 1 aliphatic heterocycles. The van der Waals surface area contributed by atoms with Gasteiger partial charge in [0.1, 0.15) is 0 Å². The predicted molar refractivity (Wildman–Crippen MR) is 99.4 cm³/mol. The molecule has 1 fully saturated rings. The van der Waals surface area contributed by atoms with E-state index in [0.29, 0.717) is 6.04 Å². The van der Waals surface area contributed by atoms with Crippen LogP contribution < -0.4 is 0 Å². The molecular formula is C20H21BrN2. The molecule has 118 valence electrons. The van der Waals surface area contributed by atoms with E-state index in [1.807, 2.05) is 0 Å². The Hall–Kier alpha value is -1.58. The number of hydrogen-bond acceptors (Lipinski definition) is 1. The van der Waals surface area contributed by atoms with Gasteiger partial charge in [0.15, 0.2) is 0 Å². The summed E-state index contributed by atoms with van der Waals surface area (Å²) in [7, 11) is 0. The van der Waals surface area contributed by atoms with Crippen LogP contribution in [0.25, 0.3) is 10.9 Å². The summed E-state index contributed by atoms with van der Waals surface area (Å²) in [4.78, 5) is 6.26. The summed E-state index contributed by atoms with van der Waals surface area (Å²) in [6.45, 7) is 2.20. The Kier molecular flexibility index (Phi) is 4.23. The zero-order chi connectivity index (χ0) is 15.6. The van der Waals surface area contributed by atoms with E-state index in [0.717, 1.165) is 11.0 Å². The van der Waals surface area contributed by atoms with Crippen molar-refractivity contribution < 1.29 is 0 Å². The summed E-state index contributed by atoms with van der Waals surface area (Å²) in [6, 6.07) is 20.1. The van der Waals surface area contributed by atoms with E-state index in [-0.39, 0.29) is 0 Å². The predicted octanol–water partition coefficient (Wildman–Crippen LogP) is 5.66. The van der Waals surface area contributed by atoms with Crippen LogP contribution in [0.4, 0.5) is 0 Å². The highest BCUT2D eigenvalue weighted by Crippen LogP contribution is 2.33. The van der Waals surface area contributed by atoms with Gasteiger partial charge in [0, 0.05) is 22.2 Å². The molecule has 2 nitrogen and oxygen atoms in total. The van der Waals surface area contributed by atoms with Gasteiger partial charge in [-0.2, -0.15) is 0 Å². The highest BCUT2D eigenvalue weighted by atomic mass is 79.9. The molecule has 3 aromatic rings. The number of benzene rings is 2. The molecule has 1 atom stereocenters. The molecule has 4 rings (SSSR count). The van der Waals surface area contributed by atoms with Crippen molar-refractivity contribution in [2.75, 3.05) is 6.54 Å². The number of halogens is 1. The summed E-state index contributed by atoms with van der Waals surface area (Å²) in [5.41, 5.74) is 4.00. The number of fused-ring (bicyclic) bond motifs is 1. The molecule has 0 bridgehead atoms. The molecule has 1 unspecified atom stereocenters. The Morgan fingerprint density at radius 2 is 1.87 bits per heavy atom. The molecule has 0 amide bonds. The van der Waals surface area contributed by atoms with E-state index in [2.05, 4.69) is 80.4 Å². The summed E-state index contributed by atoms with van der Waals surface area (Å²) in [5.74, 6) is 0. The lowest BCUT2D eigenvalue weighted by atomic mass is 9.98. The number of aromatic nitrogens is 1. The van der Waals surface area contributed by atoms with Gasteiger partial charge in [-0.15, -0.1) is 0 Å². The minimum Gasteiger partial charge on any atom is -0.357 e. The van der Waals surface area contributed by atoms with Gasteiger partial charge in [-0.25, -0.2) is 0 Å². The number of likely N-dealkylation sites (tertiary alicyclic amines) is 1. The molecule has 0 radical (unpaired) electrons. The largest absolute Gasteiger partial charge is 0.357 e. The third kappa shape index (κ3) is 3.22. The topological polar surface area (TPSA) is 19.0 Å². The first-order chi connectivity index (χ1) is 11.3. The minimum atomic E-state index is 0.500. The molecule has 2 heterocycles. The molecule has 1 saturated heterocycles. The molecule has 1 N–H and O–H groups in total. The zero-order valence-corrected chi connectivity index (χ0v) is 14.7. The first kappa shape index (κ1) is 15.0. The molecule has 0 aliphatic carbocycles. The molecule has 23 heavy (non-hydrogen) atoms. The maximum Gasteiger partial charge on any atom is 0.0502 e. The van der Waals surface area contributed by atoms with E-state index in [9.17, 15) is 0 Å². The van der Waals surface area contributed by atoms with Crippen molar-refractivity contribution in [2.24, 2.45) is 0 Å². The highest BCUT2D eigenvalue weighted by molar-refractivity contribution is 9.10. The number of rotatable bonds is 3. The van der Waals surface area contributed by atoms with Crippen LogP contribution in [0.3, 0.4) is 0 Å². The van der Waals surface area contributed by atoms with Gasteiger partial charge in [0.05, 0.1) is 6.04 Å². The lowest BCUT2D eigenvalue weighted by Crippen LogP contribution is -2.33. The maximum atomic E-state index is 3.64. The van der Waals surface area contributed by atoms with E-state index in [1.54, 1.807) is 0 Å². The lowest BCUT2D eigenvalue weighted by molar-refractivity contribution is 0.138. The van der Waals surface area contributed by atoms with E-state index >= 15 is 0 Å². The van der Waals surface area contributed by atoms with Crippen molar-refractivity contribution in [3.63, 3.8) is 0 Å². The first-order valence-electron chi connectivity index (χ1n) is 8.36. The number of nitrogens with one attached hydrogen (secondary N) is 1. The second-order valence-corrected chi connectivity index (χ2v) is 7.34. The Morgan fingerprint density at radius 1 is 1.04 bits per heavy atom. The molecule has 2 aromatic carbocycles. The van der Waals surface area contributed by atoms with Crippen LogP contribution in [-0.4, -0.2) is 16.4 Å². The smallest absolute Gasteiger partial charge is 0.0502 e. The SMILES string of the molecule is Brc1ccc(CN2CCCCC2c2cc3ccccc3[nH]2)cc1. The summed E-state index contributed by atoms with van der Waals surface area (Å²) in [5, 5.41) is 1.32. The first-order valence-corrected chi connectivity index (χ1v) is 9.15. The molecule has 1 aromatic heterocycles. The molecule has 3 heteroatoms. The standard InChI is InChI=1S/C20H21BrN2/c21-17-10-8-15(9-11-17)14-23-12-4-3-7-20(23)19-13-16-5-1-2-6-18(16)22-19/h1-2,5-6,8-11,13,20,22H,3-4,7,12,14H2. The quantitative estimate of drug-likeness (QED) is 0.631. The van der Waals surface area contributed by atoms with Crippen molar-refractivity contribution in [1.29, 1.82) is 0 Å². The van der Waals surface area contributed by atoms with Crippen molar-refractivity contribution in [3.05, 3.63) is 70.3 Å². The van der Waals surface area contributed by atoms with Gasteiger partial charge in [-0.05, 0) is 54.6 Å². The zero-order valence-electron chi connectivity index (χ0n) is 13.1. The molecule has 0 saturated carbocycles. The van der Waals surface area contributed by atoms with Crippen LogP contribution in [0.15, 0.2) is 59.1 Å². The number of para-hydroxylation sites is 1. The Labute approximate surface area is 145 Å². The number of nitrogens with zero attached hydrogens (tertiary/aromatic N) is 1. The number of aromatic amines is 1. The highest BCUT2D eigenvalue weighted by Gasteiger charge is 2.25. The Morgan fingerprint density at radius 3 is 2.70 bits per heavy atom. The van der Waals surface area contributed by atoms with Gasteiger partial charge in [-0.3, -0.25) is 4.90 Å². The van der Waals surface area contributed by atoms with Crippen LogP contribution in [0.1, 0.15) is 36.6 Å². The van der Waals surface area contributed by atoms with Gasteiger partial charge in [0.25, 0.3) is 0 Å². The number of hydrogen-bond donors (Lipinski definition) is 1. The van der Waals surface area contributed by atoms with Crippen LogP contribution in [0.2, 0.25) is 0 Å². The van der Waals surface area contributed by atoms with Crippen LogP contribution >= 0.6 is 15.9 Å². The fourth-order valence-electron chi connectivity index (χ4n) is 3.63. The monoisotopic (exact) mass is 368 g/mol. The number of H-pyrrole nitrogens is 1. The van der Waals surface area contributed by atoms with Gasteiger partial charge in [0.2, 0.25) is 0 Å². The molecule has 0 spiro atoms. The van der Waals surface area contributed by atoms with Gasteiger partial charge < -0.3 is 4.98 Å². The fraction of sp³-hybridized carbons (Fsp3) is 0.300. The van der Waals surface area contributed by atoms with Crippen LogP contribution in [0, 0.1) is 0 Å². The van der Waals surface area contributed by atoms with E-state index < -0.39 is 0 Å². The summed E-state index contributed by atoms with van der Waals surface area (Å²) in [6.07, 6.45) is 3.85. The fourth-order valence-corrected chi connectivity index (χ4v) is 3.90. The Bertz CT molecular complexity index is 758.